The van der Waals surface area contributed by atoms with Gasteiger partial charge in [0.2, 0.25) is 18.1 Å². The summed E-state index contributed by atoms with van der Waals surface area (Å²) in [6.45, 7) is 0.0317. The van der Waals surface area contributed by atoms with Gasteiger partial charge in [-0.1, -0.05) is 36.4 Å². The average Bonchev–Trinajstić information content (AvgIpc) is 3.52. The number of carbonyl (C=O) groups excluding carboxylic acids is 5. The van der Waals surface area contributed by atoms with Crippen LogP contribution in [-0.2, 0) is 19.1 Å². The standard InChI is InChI=1S/C28H28N4O7S/c33-23(29-19-14-24(34)39-28(19)38)16-32-12-6-11-31(26(36)17-7-2-1-3-8-17)15-20(27(32)37)30-25(35)22-13-18-9-4-5-10-21(18)40-22/h1-5,7-10,13,19-20,28,38H,6,11-12,14-16H2,(H,29,33)(H,30,35)/t19-,20-,28?/m0/s1. The Labute approximate surface area is 233 Å². The fraction of sp³-hybridized carbons (Fsp3) is 0.321. The van der Waals surface area contributed by atoms with Gasteiger partial charge in [0.25, 0.3) is 11.8 Å². The fourth-order valence-corrected chi connectivity index (χ4v) is 5.77. The van der Waals surface area contributed by atoms with Gasteiger partial charge in [0, 0.05) is 23.4 Å². The maximum Gasteiger partial charge on any atom is 0.310 e. The van der Waals surface area contributed by atoms with Gasteiger partial charge in [0.05, 0.1) is 24.4 Å². The van der Waals surface area contributed by atoms with Crippen molar-refractivity contribution in [2.75, 3.05) is 26.2 Å². The Morgan fingerprint density at radius 3 is 2.48 bits per heavy atom. The van der Waals surface area contributed by atoms with E-state index < -0.39 is 42.1 Å². The zero-order valence-electron chi connectivity index (χ0n) is 21.4. The lowest BCUT2D eigenvalue weighted by Gasteiger charge is -2.35. The van der Waals surface area contributed by atoms with E-state index in [-0.39, 0.29) is 32.0 Å². The molecule has 40 heavy (non-hydrogen) atoms. The molecule has 3 atom stereocenters. The molecule has 3 N–H and O–H groups in total. The van der Waals surface area contributed by atoms with Crippen molar-refractivity contribution in [3.63, 3.8) is 0 Å². The predicted molar refractivity (Wildman–Crippen MR) is 145 cm³/mol. The number of aliphatic hydroxyl groups is 1. The normalized spacial score (nSPS) is 21.5. The second kappa shape index (κ2) is 11.8. The van der Waals surface area contributed by atoms with E-state index in [2.05, 4.69) is 15.4 Å². The molecular weight excluding hydrogens is 536 g/mol. The number of carbonyl (C=O) groups is 5. The number of esters is 1. The number of rotatable bonds is 6. The zero-order valence-corrected chi connectivity index (χ0v) is 22.3. The number of nitrogens with one attached hydrogen (secondary N) is 2. The van der Waals surface area contributed by atoms with Gasteiger partial charge in [-0.05, 0) is 36.1 Å². The Hall–Kier alpha value is -4.29. The van der Waals surface area contributed by atoms with Gasteiger partial charge in [-0.15, -0.1) is 11.3 Å². The van der Waals surface area contributed by atoms with Crippen molar-refractivity contribution in [3.05, 3.63) is 71.1 Å². The van der Waals surface area contributed by atoms with Crippen molar-refractivity contribution in [1.82, 2.24) is 20.4 Å². The summed E-state index contributed by atoms with van der Waals surface area (Å²) in [5.74, 6) is -2.45. The molecule has 2 aliphatic heterocycles. The monoisotopic (exact) mass is 564 g/mol. The number of hydrogen-bond donors (Lipinski definition) is 3. The maximum absolute atomic E-state index is 13.7. The molecule has 3 aromatic rings. The van der Waals surface area contributed by atoms with Gasteiger partial charge in [0.1, 0.15) is 12.1 Å². The van der Waals surface area contributed by atoms with Crippen LogP contribution in [0.4, 0.5) is 0 Å². The van der Waals surface area contributed by atoms with Crippen LogP contribution in [-0.4, -0.2) is 89.1 Å². The van der Waals surface area contributed by atoms with E-state index in [1.807, 2.05) is 24.3 Å². The first-order valence-electron chi connectivity index (χ1n) is 12.9. The third-order valence-corrected chi connectivity index (χ3v) is 7.91. The second-order valence-electron chi connectivity index (χ2n) is 9.66. The highest BCUT2D eigenvalue weighted by Gasteiger charge is 2.36. The molecule has 0 aliphatic carbocycles. The summed E-state index contributed by atoms with van der Waals surface area (Å²) in [5.41, 5.74) is 0.466. The molecule has 208 valence electrons. The highest BCUT2D eigenvalue weighted by atomic mass is 32.1. The Morgan fingerprint density at radius 2 is 1.75 bits per heavy atom. The lowest BCUT2D eigenvalue weighted by Crippen LogP contribution is -2.58. The minimum Gasteiger partial charge on any atom is -0.434 e. The first-order chi connectivity index (χ1) is 19.3. The molecule has 2 fully saturated rings. The molecule has 0 bridgehead atoms. The first kappa shape index (κ1) is 27.3. The summed E-state index contributed by atoms with van der Waals surface area (Å²) in [5, 5.41) is 16.0. The Balaban J connectivity index is 1.34. The number of fused-ring (bicyclic) bond motifs is 1. The van der Waals surface area contributed by atoms with Crippen LogP contribution in [0.1, 0.15) is 32.9 Å². The van der Waals surface area contributed by atoms with E-state index in [1.165, 1.54) is 16.2 Å². The molecule has 11 nitrogen and oxygen atoms in total. The van der Waals surface area contributed by atoms with E-state index in [0.29, 0.717) is 23.4 Å². The quantitative estimate of drug-likeness (QED) is 0.381. The van der Waals surface area contributed by atoms with Crippen LogP contribution in [0.5, 0.6) is 0 Å². The van der Waals surface area contributed by atoms with E-state index in [4.69, 9.17) is 0 Å². The van der Waals surface area contributed by atoms with Gasteiger partial charge < -0.3 is 30.3 Å². The minimum atomic E-state index is -1.45. The summed E-state index contributed by atoms with van der Waals surface area (Å²) < 4.78 is 5.58. The number of cyclic esters (lactones) is 1. The number of ether oxygens (including phenoxy) is 1. The first-order valence-corrected chi connectivity index (χ1v) is 13.7. The van der Waals surface area contributed by atoms with Gasteiger partial charge in [0.15, 0.2) is 0 Å². The van der Waals surface area contributed by atoms with Crippen LogP contribution in [0.2, 0.25) is 0 Å². The van der Waals surface area contributed by atoms with Gasteiger partial charge in [-0.3, -0.25) is 24.0 Å². The van der Waals surface area contributed by atoms with E-state index >= 15 is 0 Å². The van der Waals surface area contributed by atoms with E-state index in [1.54, 1.807) is 41.3 Å². The molecule has 5 rings (SSSR count). The largest absolute Gasteiger partial charge is 0.434 e. The van der Waals surface area contributed by atoms with Gasteiger partial charge in [-0.2, -0.15) is 0 Å². The van der Waals surface area contributed by atoms with Crippen LogP contribution >= 0.6 is 11.3 Å². The van der Waals surface area contributed by atoms with Crippen molar-refractivity contribution in [2.45, 2.75) is 31.2 Å². The molecular formula is C28H28N4O7S. The van der Waals surface area contributed by atoms with Crippen molar-refractivity contribution in [2.24, 2.45) is 0 Å². The van der Waals surface area contributed by atoms with Gasteiger partial charge >= 0.3 is 5.97 Å². The zero-order chi connectivity index (χ0) is 28.2. The predicted octanol–water partition coefficient (Wildman–Crippen LogP) is 1.12. The van der Waals surface area contributed by atoms with Crippen molar-refractivity contribution < 1.29 is 33.8 Å². The minimum absolute atomic E-state index is 0.0784. The number of hydrogen-bond acceptors (Lipinski definition) is 8. The highest BCUT2D eigenvalue weighted by Crippen LogP contribution is 2.25. The lowest BCUT2D eigenvalue weighted by atomic mass is 10.1. The van der Waals surface area contributed by atoms with Crippen LogP contribution in [0, 0.1) is 0 Å². The number of amides is 4. The average molecular weight is 565 g/mol. The molecule has 0 saturated carbocycles. The molecule has 2 saturated heterocycles. The molecule has 4 amide bonds. The molecule has 1 aromatic heterocycles. The summed E-state index contributed by atoms with van der Waals surface area (Å²) in [4.78, 5) is 67.7. The summed E-state index contributed by atoms with van der Waals surface area (Å²) in [6, 6.07) is 16.0. The highest BCUT2D eigenvalue weighted by molar-refractivity contribution is 7.20. The van der Waals surface area contributed by atoms with Crippen LogP contribution in [0.25, 0.3) is 10.1 Å². The van der Waals surface area contributed by atoms with Crippen LogP contribution < -0.4 is 10.6 Å². The lowest BCUT2D eigenvalue weighted by molar-refractivity contribution is -0.155. The second-order valence-corrected chi connectivity index (χ2v) is 10.7. The van der Waals surface area contributed by atoms with Crippen molar-refractivity contribution in [1.29, 1.82) is 0 Å². The van der Waals surface area contributed by atoms with Gasteiger partial charge in [-0.25, -0.2) is 0 Å². The Kier molecular flexibility index (Phi) is 8.08. The molecule has 1 unspecified atom stereocenters. The topological polar surface area (TPSA) is 145 Å². The molecule has 0 spiro atoms. The maximum atomic E-state index is 13.7. The van der Waals surface area contributed by atoms with Crippen molar-refractivity contribution in [3.8, 4) is 0 Å². The molecule has 2 aliphatic rings. The van der Waals surface area contributed by atoms with E-state index in [9.17, 15) is 29.1 Å². The number of aliphatic hydroxyl groups excluding tert-OH is 1. The third-order valence-electron chi connectivity index (χ3n) is 6.80. The molecule has 0 radical (unpaired) electrons. The number of thiophene rings is 1. The summed E-state index contributed by atoms with van der Waals surface area (Å²) >= 11 is 1.29. The Morgan fingerprint density at radius 1 is 1.00 bits per heavy atom. The summed E-state index contributed by atoms with van der Waals surface area (Å²) in [6.07, 6.45) is -1.22. The number of benzene rings is 2. The van der Waals surface area contributed by atoms with Crippen molar-refractivity contribution >= 4 is 51.0 Å². The SMILES string of the molecule is O=C(CN1CCCN(C(=O)c2ccccc2)C[C@H](NC(=O)c2cc3ccccc3s2)C1=O)N[C@H]1CC(=O)OC1O. The fourth-order valence-electron chi connectivity index (χ4n) is 4.80. The smallest absolute Gasteiger partial charge is 0.310 e. The molecule has 3 heterocycles. The Bertz CT molecular complexity index is 1410. The third kappa shape index (κ3) is 6.13. The molecule has 2 aromatic carbocycles. The van der Waals surface area contributed by atoms with Crippen LogP contribution in [0.15, 0.2) is 60.7 Å². The van der Waals surface area contributed by atoms with Crippen LogP contribution in [0.3, 0.4) is 0 Å². The number of nitrogens with zero attached hydrogens (tertiary/aromatic N) is 2. The summed E-state index contributed by atoms with van der Waals surface area (Å²) in [7, 11) is 0. The molecule has 12 heteroatoms. The van der Waals surface area contributed by atoms with E-state index in [0.717, 1.165) is 10.1 Å².